The minimum Gasteiger partial charge on any atom is -0.465 e. The molecule has 0 bridgehead atoms. The summed E-state index contributed by atoms with van der Waals surface area (Å²) in [5, 5.41) is 11.5. The Bertz CT molecular complexity index is 899. The Hall–Kier alpha value is -0.636. The van der Waals surface area contributed by atoms with E-state index < -0.39 is 52.2 Å². The van der Waals surface area contributed by atoms with Gasteiger partial charge in [0, 0.05) is 0 Å². The van der Waals surface area contributed by atoms with Gasteiger partial charge in [-0.15, -0.1) is 0 Å². The summed E-state index contributed by atoms with van der Waals surface area (Å²) in [6.45, 7) is 17.2. The highest BCUT2D eigenvalue weighted by Crippen LogP contribution is 2.51. The van der Waals surface area contributed by atoms with E-state index in [1.54, 1.807) is 0 Å². The monoisotopic (exact) mass is 618 g/mol. The summed E-state index contributed by atoms with van der Waals surface area (Å²) in [6, 6.07) is 9.63. The minimum atomic E-state index is -2.99. The van der Waals surface area contributed by atoms with Crippen LogP contribution in [0.4, 0.5) is 0 Å². The van der Waals surface area contributed by atoms with Gasteiger partial charge in [0.15, 0.2) is 6.29 Å². The Morgan fingerprint density at radius 1 is 0.946 bits per heavy atom. The third kappa shape index (κ3) is 5.66. The van der Waals surface area contributed by atoms with Crippen LogP contribution < -0.4 is 0 Å². The summed E-state index contributed by atoms with van der Waals surface area (Å²) in [4.78, 5) is 11.9. The first-order chi connectivity index (χ1) is 17.2. The third-order valence-corrected chi connectivity index (χ3v) is 18.9. The molecule has 2 saturated heterocycles. The highest BCUT2D eigenvalue weighted by Gasteiger charge is 2.68. The second-order valence-corrected chi connectivity index (χ2v) is 21.0. The predicted molar refractivity (Wildman–Crippen MR) is 149 cm³/mol. The lowest BCUT2D eigenvalue weighted by Crippen LogP contribution is -2.68. The molecule has 0 amide bonds. The lowest BCUT2D eigenvalue weighted by atomic mass is 9.99. The van der Waals surface area contributed by atoms with E-state index in [1.807, 2.05) is 30.3 Å². The Morgan fingerprint density at radius 2 is 1.43 bits per heavy atom. The van der Waals surface area contributed by atoms with E-state index in [-0.39, 0.29) is 28.8 Å². The van der Waals surface area contributed by atoms with Gasteiger partial charge in [-0.2, -0.15) is 0 Å². The molecule has 210 valence electrons. The topological polar surface area (TPSA) is 92.7 Å². The van der Waals surface area contributed by atoms with Crippen molar-refractivity contribution in [2.24, 2.45) is 0 Å². The van der Waals surface area contributed by atoms with E-state index in [4.69, 9.17) is 27.2 Å². The number of carbonyl (C=O) groups excluding carboxylic acids is 1. The second-order valence-electron chi connectivity index (χ2n) is 11.2. The van der Waals surface area contributed by atoms with Crippen LogP contribution in [0.2, 0.25) is 22.2 Å². The smallest absolute Gasteiger partial charge is 0.367 e. The molecule has 2 aliphatic heterocycles. The molecule has 2 heterocycles. The number of aliphatic hydroxyl groups is 1. The molecule has 0 radical (unpaired) electrons. The number of carbonyl (C=O) groups is 1. The zero-order valence-corrected chi connectivity index (χ0v) is 27.0. The molecule has 0 aliphatic carbocycles. The van der Waals surface area contributed by atoms with E-state index in [9.17, 15) is 9.90 Å². The normalized spacial score (nSPS) is 31.4. The van der Waals surface area contributed by atoms with Gasteiger partial charge >= 0.3 is 23.1 Å². The maximum absolute atomic E-state index is 12.9. The first kappa shape index (κ1) is 30.9. The van der Waals surface area contributed by atoms with Crippen molar-refractivity contribution >= 4 is 39.0 Å². The van der Waals surface area contributed by atoms with E-state index >= 15 is 0 Å². The number of benzene rings is 1. The molecule has 1 N–H and O–H groups in total. The number of ether oxygens (including phenoxy) is 3. The summed E-state index contributed by atoms with van der Waals surface area (Å²) < 4.78 is 38.5. The van der Waals surface area contributed by atoms with Gasteiger partial charge in [0.05, 0.1) is 19.8 Å². The fourth-order valence-electron chi connectivity index (χ4n) is 5.36. The quantitative estimate of drug-likeness (QED) is 0.232. The van der Waals surface area contributed by atoms with Crippen molar-refractivity contribution < 1.29 is 37.1 Å². The number of rotatable bonds is 8. The number of alkyl halides is 1. The van der Waals surface area contributed by atoms with Gasteiger partial charge in [-0.05, 0) is 27.7 Å². The van der Waals surface area contributed by atoms with Gasteiger partial charge in [0.25, 0.3) is 5.79 Å². The van der Waals surface area contributed by atoms with Crippen molar-refractivity contribution in [1.29, 1.82) is 0 Å². The van der Waals surface area contributed by atoms with Gasteiger partial charge < -0.3 is 32.3 Å². The molecule has 1 aromatic carbocycles. The van der Waals surface area contributed by atoms with Crippen LogP contribution in [-0.4, -0.2) is 64.4 Å². The molecule has 11 heteroatoms. The lowest BCUT2D eigenvalue weighted by molar-refractivity contribution is -0.342. The molecule has 37 heavy (non-hydrogen) atoms. The van der Waals surface area contributed by atoms with Crippen LogP contribution in [0.1, 0.15) is 61.0 Å². The summed E-state index contributed by atoms with van der Waals surface area (Å²) in [7, 11) is -4.74. The molecule has 8 nitrogen and oxygen atoms in total. The average molecular weight is 620 g/mol. The molecular formula is C26H43BrO8Si2. The molecule has 3 rings (SSSR count). The number of fused-ring (bicyclic) bond motifs is 1. The number of hydrogen-bond acceptors (Lipinski definition) is 8. The lowest BCUT2D eigenvalue weighted by Gasteiger charge is -2.48. The van der Waals surface area contributed by atoms with E-state index in [0.717, 1.165) is 5.56 Å². The van der Waals surface area contributed by atoms with Crippen LogP contribution in [0.15, 0.2) is 30.3 Å². The molecule has 1 aromatic rings. The molecule has 2 aliphatic rings. The van der Waals surface area contributed by atoms with Gasteiger partial charge in [0.1, 0.15) is 10.9 Å². The van der Waals surface area contributed by atoms with Crippen molar-refractivity contribution in [3.8, 4) is 0 Å². The highest BCUT2D eigenvalue weighted by atomic mass is 79.9. The fourth-order valence-corrected chi connectivity index (χ4v) is 17.5. The molecule has 0 spiro atoms. The van der Waals surface area contributed by atoms with Crippen molar-refractivity contribution in [1.82, 2.24) is 0 Å². The van der Waals surface area contributed by atoms with Crippen molar-refractivity contribution in [2.75, 3.05) is 7.11 Å². The third-order valence-electron chi connectivity index (χ3n) is 7.46. The Kier molecular flexibility index (Phi) is 9.90. The summed E-state index contributed by atoms with van der Waals surface area (Å²) in [6.07, 6.45) is -2.65. The molecule has 5 atom stereocenters. The predicted octanol–water partition coefficient (Wildman–Crippen LogP) is 5.51. The second kappa shape index (κ2) is 11.8. The zero-order valence-electron chi connectivity index (χ0n) is 23.4. The number of esters is 1. The summed E-state index contributed by atoms with van der Waals surface area (Å²) >= 11 is 3.56. The standard InChI is InChI=1S/C26H43BrO8Si2/c1-16(2)36(17(3)4)33-21-22(34-37(35-36,18(5)6)19(7)8)24(31-15-20-13-11-10-12-14-20)32-26(29,23(21)27)25(28)30-9/h10-14,16-19,21-24,29H,15H2,1-9H3/t21-,22-,23+,24-,26-/m1/s1. The van der Waals surface area contributed by atoms with Crippen molar-refractivity contribution in [3.63, 3.8) is 0 Å². The van der Waals surface area contributed by atoms with Crippen LogP contribution in [0.5, 0.6) is 0 Å². The van der Waals surface area contributed by atoms with Crippen LogP contribution in [0.3, 0.4) is 0 Å². The fraction of sp³-hybridized carbons (Fsp3) is 0.731. The van der Waals surface area contributed by atoms with Gasteiger partial charge in [0.2, 0.25) is 0 Å². The SMILES string of the molecule is COC(=O)[C@]1(O)O[C@@H](OCc2ccccc2)[C@@H]2O[Si](C(C)C)(C(C)C)O[Si](C(C)C)(C(C)C)O[C@H]2[C@@H]1Br. The molecule has 0 aromatic heterocycles. The van der Waals surface area contributed by atoms with E-state index in [2.05, 4.69) is 71.3 Å². The Morgan fingerprint density at radius 3 is 1.89 bits per heavy atom. The van der Waals surface area contributed by atoms with E-state index in [1.165, 1.54) is 7.11 Å². The maximum Gasteiger partial charge on any atom is 0.367 e. The Balaban J connectivity index is 2.17. The van der Waals surface area contributed by atoms with Crippen LogP contribution in [-0.2, 0) is 38.6 Å². The number of methoxy groups -OCH3 is 1. The first-order valence-electron chi connectivity index (χ1n) is 13.1. The molecule has 2 fully saturated rings. The summed E-state index contributed by atoms with van der Waals surface area (Å²) in [5.74, 6) is -3.29. The van der Waals surface area contributed by atoms with Crippen LogP contribution in [0.25, 0.3) is 0 Å². The van der Waals surface area contributed by atoms with E-state index in [0.29, 0.717) is 0 Å². The minimum absolute atomic E-state index is 0.0803. The molecule has 0 saturated carbocycles. The zero-order chi connectivity index (χ0) is 27.8. The molecule has 0 unspecified atom stereocenters. The summed E-state index contributed by atoms with van der Waals surface area (Å²) in [5.41, 5.74) is 1.28. The largest absolute Gasteiger partial charge is 0.465 e. The van der Waals surface area contributed by atoms with Gasteiger partial charge in [-0.1, -0.05) is 102 Å². The first-order valence-corrected chi connectivity index (χ1v) is 17.9. The van der Waals surface area contributed by atoms with Crippen LogP contribution in [0, 0.1) is 0 Å². The van der Waals surface area contributed by atoms with Crippen molar-refractivity contribution in [3.05, 3.63) is 35.9 Å². The average Bonchev–Trinajstić information content (AvgIpc) is 3.03. The van der Waals surface area contributed by atoms with Crippen molar-refractivity contribution in [2.45, 2.75) is 113 Å². The number of hydrogen-bond donors (Lipinski definition) is 1. The maximum atomic E-state index is 12.9. The van der Waals surface area contributed by atoms with Crippen LogP contribution >= 0.6 is 15.9 Å². The van der Waals surface area contributed by atoms with Gasteiger partial charge in [-0.25, -0.2) is 4.79 Å². The highest BCUT2D eigenvalue weighted by molar-refractivity contribution is 9.09. The number of halogens is 1. The molecular weight excluding hydrogens is 576 g/mol. The Labute approximate surface area is 231 Å². The van der Waals surface area contributed by atoms with Gasteiger partial charge in [-0.3, -0.25) is 0 Å².